The lowest BCUT2D eigenvalue weighted by Gasteiger charge is -2.18. The molecule has 0 aliphatic carbocycles. The minimum atomic E-state index is 1.03. The van der Waals surface area contributed by atoms with E-state index in [2.05, 4.69) is 162 Å². The van der Waals surface area contributed by atoms with Gasteiger partial charge in [-0.25, -0.2) is 0 Å². The number of pyridine rings is 1. The van der Waals surface area contributed by atoms with Gasteiger partial charge in [0.15, 0.2) is 0 Å². The van der Waals surface area contributed by atoms with E-state index in [0.29, 0.717) is 0 Å². The van der Waals surface area contributed by atoms with E-state index in [0.717, 1.165) is 22.2 Å². The predicted molar refractivity (Wildman–Crippen MR) is 190 cm³/mol. The second kappa shape index (κ2) is 10.3. The first-order valence-corrected chi connectivity index (χ1v) is 15.4. The maximum atomic E-state index is 4.71. The molecule has 45 heavy (non-hydrogen) atoms. The van der Waals surface area contributed by atoms with Crippen LogP contribution in [0.15, 0.2) is 170 Å². The highest BCUT2D eigenvalue weighted by Crippen LogP contribution is 2.44. The Balaban J connectivity index is 1.26. The summed E-state index contributed by atoms with van der Waals surface area (Å²) in [5, 5.41) is 6.22. The van der Waals surface area contributed by atoms with Crippen LogP contribution in [-0.4, -0.2) is 9.55 Å². The molecule has 210 valence electrons. The Hall–Kier alpha value is -5.99. The summed E-state index contributed by atoms with van der Waals surface area (Å²) in [6.07, 6.45) is 1.87. The maximum Gasteiger partial charge on any atom is 0.0963 e. The number of para-hydroxylation sites is 1. The Bertz CT molecular complexity index is 2450. The molecule has 2 heteroatoms. The summed E-state index contributed by atoms with van der Waals surface area (Å²) < 4.78 is 2.31. The Kier molecular flexibility index (Phi) is 5.85. The summed E-state index contributed by atoms with van der Waals surface area (Å²) in [6.45, 7) is 0. The van der Waals surface area contributed by atoms with E-state index in [1.807, 2.05) is 12.3 Å². The van der Waals surface area contributed by atoms with Crippen molar-refractivity contribution in [3.8, 4) is 39.1 Å². The molecule has 0 unspecified atom stereocenters. The molecule has 0 N–H and O–H groups in total. The van der Waals surface area contributed by atoms with Gasteiger partial charge in [0.1, 0.15) is 0 Å². The Labute approximate surface area is 261 Å². The molecule has 0 saturated carbocycles. The van der Waals surface area contributed by atoms with Crippen LogP contribution in [0, 0.1) is 0 Å². The maximum absolute atomic E-state index is 4.71. The molecule has 0 fully saturated rings. The first kappa shape index (κ1) is 25.5. The first-order chi connectivity index (χ1) is 22.3. The van der Waals surface area contributed by atoms with Crippen LogP contribution in [0.25, 0.3) is 82.5 Å². The standard InChI is InChI=1S/C43H28N2/c1-3-12-30(13-4-1)41-34-16-7-8-17-35(34)42(31-14-5-2-6-15-31)38-28-32(23-26-36(38)41)29-21-24-33(25-22-29)45-39-19-10-9-18-37(39)43-40(45)20-11-27-44-43/h1-28H. The molecule has 2 aromatic heterocycles. The fourth-order valence-electron chi connectivity index (χ4n) is 7.05. The van der Waals surface area contributed by atoms with Crippen molar-refractivity contribution in [1.29, 1.82) is 0 Å². The third-order valence-corrected chi connectivity index (χ3v) is 9.04. The van der Waals surface area contributed by atoms with Crippen molar-refractivity contribution in [2.45, 2.75) is 0 Å². The second-order valence-corrected chi connectivity index (χ2v) is 11.6. The van der Waals surface area contributed by atoms with E-state index in [4.69, 9.17) is 4.98 Å². The van der Waals surface area contributed by atoms with Crippen molar-refractivity contribution in [3.05, 3.63) is 170 Å². The summed E-state index contributed by atoms with van der Waals surface area (Å²) in [7, 11) is 0. The normalized spacial score (nSPS) is 11.6. The minimum Gasteiger partial charge on any atom is -0.308 e. The molecule has 2 nitrogen and oxygen atoms in total. The summed E-state index contributed by atoms with van der Waals surface area (Å²) in [4.78, 5) is 4.71. The summed E-state index contributed by atoms with van der Waals surface area (Å²) in [5.74, 6) is 0. The summed E-state index contributed by atoms with van der Waals surface area (Å²) in [6, 6.07) is 59.0. The highest BCUT2D eigenvalue weighted by atomic mass is 15.0. The number of rotatable bonds is 4. The van der Waals surface area contributed by atoms with Crippen LogP contribution in [0.3, 0.4) is 0 Å². The second-order valence-electron chi connectivity index (χ2n) is 11.6. The molecule has 0 saturated heterocycles. The van der Waals surface area contributed by atoms with Crippen LogP contribution in [0.5, 0.6) is 0 Å². The molecule has 0 atom stereocenters. The molecule has 2 heterocycles. The van der Waals surface area contributed by atoms with Gasteiger partial charge in [0.2, 0.25) is 0 Å². The Morgan fingerprint density at radius 1 is 0.356 bits per heavy atom. The van der Waals surface area contributed by atoms with Gasteiger partial charge in [0.05, 0.1) is 16.6 Å². The third-order valence-electron chi connectivity index (χ3n) is 9.04. The molecule has 0 spiro atoms. The zero-order valence-corrected chi connectivity index (χ0v) is 24.6. The smallest absolute Gasteiger partial charge is 0.0963 e. The number of aromatic nitrogens is 2. The van der Waals surface area contributed by atoms with E-state index in [-0.39, 0.29) is 0 Å². The van der Waals surface area contributed by atoms with E-state index < -0.39 is 0 Å². The van der Waals surface area contributed by atoms with Crippen LogP contribution < -0.4 is 0 Å². The van der Waals surface area contributed by atoms with E-state index in [1.165, 1.54) is 60.3 Å². The van der Waals surface area contributed by atoms with Gasteiger partial charge in [-0.3, -0.25) is 4.98 Å². The van der Waals surface area contributed by atoms with Crippen LogP contribution >= 0.6 is 0 Å². The average Bonchev–Trinajstić information content (AvgIpc) is 3.45. The van der Waals surface area contributed by atoms with Crippen LogP contribution in [0.1, 0.15) is 0 Å². The molecular weight excluding hydrogens is 544 g/mol. The highest BCUT2D eigenvalue weighted by Gasteiger charge is 2.18. The number of nitrogens with zero attached hydrogens (tertiary/aromatic N) is 2. The SMILES string of the molecule is c1ccc(-c2c3ccccc3c(-c3ccccc3)c3cc(-c4ccc(-n5c6ccccc6c6ncccc65)cc4)ccc23)cc1. The van der Waals surface area contributed by atoms with Crippen molar-refractivity contribution in [2.75, 3.05) is 0 Å². The lowest BCUT2D eigenvalue weighted by molar-refractivity contribution is 1.18. The zero-order chi connectivity index (χ0) is 29.7. The monoisotopic (exact) mass is 572 g/mol. The van der Waals surface area contributed by atoms with Gasteiger partial charge in [-0.15, -0.1) is 0 Å². The molecule has 0 aliphatic rings. The van der Waals surface area contributed by atoms with Crippen LogP contribution in [-0.2, 0) is 0 Å². The largest absolute Gasteiger partial charge is 0.308 e. The highest BCUT2D eigenvalue weighted by molar-refractivity contribution is 6.22. The van der Waals surface area contributed by atoms with Gasteiger partial charge in [-0.2, -0.15) is 0 Å². The molecule has 0 radical (unpaired) electrons. The molecular formula is C43H28N2. The third kappa shape index (κ3) is 4.07. The topological polar surface area (TPSA) is 17.8 Å². The number of benzene rings is 7. The van der Waals surface area contributed by atoms with Gasteiger partial charge in [0, 0.05) is 17.3 Å². The van der Waals surface area contributed by atoms with Crippen molar-refractivity contribution >= 4 is 43.5 Å². The van der Waals surface area contributed by atoms with Crippen LogP contribution in [0.4, 0.5) is 0 Å². The fraction of sp³-hybridized carbons (Fsp3) is 0. The van der Waals surface area contributed by atoms with Crippen LogP contribution in [0.2, 0.25) is 0 Å². The molecule has 0 amide bonds. The zero-order valence-electron chi connectivity index (χ0n) is 24.6. The molecule has 9 aromatic rings. The fourth-order valence-corrected chi connectivity index (χ4v) is 7.05. The van der Waals surface area contributed by atoms with Gasteiger partial charge in [-0.1, -0.05) is 127 Å². The van der Waals surface area contributed by atoms with E-state index in [1.54, 1.807) is 0 Å². The molecule has 0 aliphatic heterocycles. The van der Waals surface area contributed by atoms with E-state index in [9.17, 15) is 0 Å². The number of fused-ring (bicyclic) bond motifs is 5. The average molecular weight is 573 g/mol. The molecule has 0 bridgehead atoms. The lowest BCUT2D eigenvalue weighted by atomic mass is 9.85. The van der Waals surface area contributed by atoms with Crippen molar-refractivity contribution in [3.63, 3.8) is 0 Å². The number of hydrogen-bond acceptors (Lipinski definition) is 1. The van der Waals surface area contributed by atoms with Crippen molar-refractivity contribution < 1.29 is 0 Å². The first-order valence-electron chi connectivity index (χ1n) is 15.4. The predicted octanol–water partition coefficient (Wildman–Crippen LogP) is 11.5. The lowest BCUT2D eigenvalue weighted by Crippen LogP contribution is -1.94. The minimum absolute atomic E-state index is 1.03. The van der Waals surface area contributed by atoms with Gasteiger partial charge in [-0.05, 0) is 91.3 Å². The Morgan fingerprint density at radius 2 is 0.889 bits per heavy atom. The molecule has 7 aromatic carbocycles. The Morgan fingerprint density at radius 3 is 1.58 bits per heavy atom. The van der Waals surface area contributed by atoms with Gasteiger partial charge in [0.25, 0.3) is 0 Å². The van der Waals surface area contributed by atoms with Crippen molar-refractivity contribution in [1.82, 2.24) is 9.55 Å². The summed E-state index contributed by atoms with van der Waals surface area (Å²) >= 11 is 0. The van der Waals surface area contributed by atoms with E-state index >= 15 is 0 Å². The summed E-state index contributed by atoms with van der Waals surface area (Å²) in [5.41, 5.74) is 11.8. The number of hydrogen-bond donors (Lipinski definition) is 0. The van der Waals surface area contributed by atoms with Gasteiger partial charge >= 0.3 is 0 Å². The van der Waals surface area contributed by atoms with Crippen molar-refractivity contribution in [2.24, 2.45) is 0 Å². The molecule has 9 rings (SSSR count). The quantitative estimate of drug-likeness (QED) is 0.192. The van der Waals surface area contributed by atoms with Gasteiger partial charge < -0.3 is 4.57 Å².